The fourth-order valence-corrected chi connectivity index (χ4v) is 8.53. The Morgan fingerprint density at radius 3 is 1.45 bits per heavy atom. The van der Waals surface area contributed by atoms with Crippen LogP contribution >= 0.6 is 0 Å². The molecule has 0 bridgehead atoms. The van der Waals surface area contributed by atoms with E-state index < -0.39 is 59.8 Å². The number of aliphatic hydroxyl groups is 3. The molecule has 0 aromatic carbocycles. The van der Waals surface area contributed by atoms with Crippen molar-refractivity contribution in [3.63, 3.8) is 0 Å². The van der Waals surface area contributed by atoms with Gasteiger partial charge in [-0.05, 0) is 38.5 Å². The molecule has 4 N–H and O–H groups in total. The average Bonchev–Trinajstić information content (AvgIpc) is 3.24. The fourth-order valence-electron chi connectivity index (χ4n) is 8.02. The lowest BCUT2D eigenvalue weighted by atomic mass is 9.99. The molecule has 1 heterocycles. The van der Waals surface area contributed by atoms with Gasteiger partial charge in [0.1, 0.15) is 30.5 Å². The number of rotatable bonds is 45. The van der Waals surface area contributed by atoms with Gasteiger partial charge in [0.25, 0.3) is 0 Å². The summed E-state index contributed by atoms with van der Waals surface area (Å²) in [6.45, 7) is 4.02. The third-order valence-electron chi connectivity index (χ3n) is 11.9. The van der Waals surface area contributed by atoms with Crippen LogP contribution in [-0.2, 0) is 38.3 Å². The van der Waals surface area contributed by atoms with Crippen molar-refractivity contribution < 1.29 is 56.2 Å². The van der Waals surface area contributed by atoms with Gasteiger partial charge in [-0.25, -0.2) is 4.18 Å². The van der Waals surface area contributed by atoms with Crippen molar-refractivity contribution in [1.29, 1.82) is 0 Å². The van der Waals surface area contributed by atoms with Crippen LogP contribution in [0, 0.1) is 0 Å². The van der Waals surface area contributed by atoms with Gasteiger partial charge >= 0.3 is 16.4 Å². The highest BCUT2D eigenvalue weighted by molar-refractivity contribution is 7.80. The van der Waals surface area contributed by atoms with Gasteiger partial charge in [-0.1, -0.05) is 199 Å². The molecule has 0 spiro atoms. The maximum absolute atomic E-state index is 12.9. The summed E-state index contributed by atoms with van der Waals surface area (Å²) < 4.78 is 59.2. The molecule has 12 nitrogen and oxygen atoms in total. The first kappa shape index (κ1) is 58.9. The van der Waals surface area contributed by atoms with Crippen LogP contribution in [0.3, 0.4) is 0 Å². The van der Waals surface area contributed by atoms with E-state index in [1.807, 2.05) is 0 Å². The van der Waals surface area contributed by atoms with Gasteiger partial charge in [0.05, 0.1) is 19.8 Å². The van der Waals surface area contributed by atoms with Crippen LogP contribution in [-0.4, -0.2) is 97.5 Å². The first-order chi connectivity index (χ1) is 30.1. The number of aliphatic hydroxyl groups excluding tert-OH is 3. The van der Waals surface area contributed by atoms with E-state index in [1.54, 1.807) is 0 Å². The maximum atomic E-state index is 12.9. The number of ether oxygens (including phenoxy) is 4. The van der Waals surface area contributed by atoms with Crippen LogP contribution in [0.4, 0.5) is 0 Å². The molecule has 0 aromatic rings. The van der Waals surface area contributed by atoms with Crippen molar-refractivity contribution in [2.24, 2.45) is 0 Å². The number of hydrogen-bond acceptors (Lipinski definition) is 11. The molecule has 1 aliphatic rings. The Kier molecular flexibility index (Phi) is 39.2. The van der Waals surface area contributed by atoms with Crippen LogP contribution < -0.4 is 0 Å². The highest BCUT2D eigenvalue weighted by Crippen LogP contribution is 2.26. The molecule has 1 rings (SSSR count). The summed E-state index contributed by atoms with van der Waals surface area (Å²) in [5.41, 5.74) is 0. The molecule has 1 aliphatic heterocycles. The van der Waals surface area contributed by atoms with Crippen molar-refractivity contribution in [1.82, 2.24) is 0 Å². The van der Waals surface area contributed by atoms with Crippen LogP contribution in [0.15, 0.2) is 12.2 Å². The topological polar surface area (TPSA) is 178 Å². The zero-order chi connectivity index (χ0) is 45.4. The lowest BCUT2D eigenvalue weighted by molar-refractivity contribution is -0.301. The van der Waals surface area contributed by atoms with Crippen molar-refractivity contribution in [3.8, 4) is 0 Å². The van der Waals surface area contributed by atoms with E-state index in [1.165, 1.54) is 161 Å². The zero-order valence-electron chi connectivity index (χ0n) is 39.5. The molecule has 6 atom stereocenters. The molecule has 13 heteroatoms. The van der Waals surface area contributed by atoms with E-state index in [-0.39, 0.29) is 19.6 Å². The minimum absolute atomic E-state index is 0.0375. The van der Waals surface area contributed by atoms with Crippen molar-refractivity contribution in [3.05, 3.63) is 12.2 Å². The van der Waals surface area contributed by atoms with Gasteiger partial charge < -0.3 is 34.3 Å². The molecule has 0 saturated carbocycles. The number of hydrogen-bond donors (Lipinski definition) is 4. The lowest BCUT2D eigenvalue weighted by Crippen LogP contribution is -2.60. The van der Waals surface area contributed by atoms with Crippen LogP contribution in [0.25, 0.3) is 0 Å². The van der Waals surface area contributed by atoms with Crippen molar-refractivity contribution in [2.75, 3.05) is 26.4 Å². The predicted octanol–water partition coefficient (Wildman–Crippen LogP) is 11.4. The Labute approximate surface area is 379 Å². The summed E-state index contributed by atoms with van der Waals surface area (Å²) in [6.07, 6.45) is 36.7. The third kappa shape index (κ3) is 34.2. The standard InChI is InChI=1S/C49H94O12S/c1-3-5-7-9-11-13-15-17-19-21-22-23-24-26-28-30-32-34-36-38-45(51)59-43(42-58-49-47(53)48(61-62(54,55)56)46(52)44(40-50)60-49)41-57-39-37-35-33-31-29-27-25-20-18-16-14-12-10-8-6-4-2/h18,20,43-44,46-50,52-53H,3-17,19,21-42H2,1-2H3,(H,54,55,56)/b20-18-. The van der Waals surface area contributed by atoms with E-state index in [4.69, 9.17) is 18.9 Å². The van der Waals surface area contributed by atoms with Crippen molar-refractivity contribution in [2.45, 2.75) is 269 Å². The van der Waals surface area contributed by atoms with Gasteiger partial charge in [0.15, 0.2) is 6.29 Å². The molecule has 368 valence electrons. The van der Waals surface area contributed by atoms with E-state index in [2.05, 4.69) is 30.2 Å². The molecule has 1 fully saturated rings. The van der Waals surface area contributed by atoms with E-state index in [0.29, 0.717) is 13.0 Å². The van der Waals surface area contributed by atoms with E-state index in [9.17, 15) is 33.1 Å². The zero-order valence-corrected chi connectivity index (χ0v) is 40.3. The van der Waals surface area contributed by atoms with Gasteiger partial charge in [0.2, 0.25) is 0 Å². The Morgan fingerprint density at radius 1 is 0.597 bits per heavy atom. The Bertz CT molecular complexity index is 1140. The number of esters is 1. The molecule has 0 radical (unpaired) electrons. The van der Waals surface area contributed by atoms with Gasteiger partial charge in [0, 0.05) is 13.0 Å². The fraction of sp³-hybridized carbons (Fsp3) is 0.939. The smallest absolute Gasteiger partial charge is 0.397 e. The second kappa shape index (κ2) is 41.3. The summed E-state index contributed by atoms with van der Waals surface area (Å²) in [6, 6.07) is 0. The largest absolute Gasteiger partial charge is 0.457 e. The van der Waals surface area contributed by atoms with Crippen LogP contribution in [0.5, 0.6) is 0 Å². The minimum Gasteiger partial charge on any atom is -0.457 e. The van der Waals surface area contributed by atoms with Gasteiger partial charge in [-0.3, -0.25) is 9.35 Å². The SMILES string of the molecule is CCCCCCCC/C=C\CCCCCCCCOCC(COC1OC(CO)C(O)C(OS(=O)(=O)O)C1O)OC(=O)CCCCCCCCCCCCCCCCCCCCC. The van der Waals surface area contributed by atoms with Crippen LogP contribution in [0.1, 0.15) is 232 Å². The summed E-state index contributed by atoms with van der Waals surface area (Å²) in [7, 11) is -5.06. The highest BCUT2D eigenvalue weighted by atomic mass is 32.3. The summed E-state index contributed by atoms with van der Waals surface area (Å²) in [4.78, 5) is 12.9. The minimum atomic E-state index is -5.06. The van der Waals surface area contributed by atoms with Crippen LogP contribution in [0.2, 0.25) is 0 Å². The predicted molar refractivity (Wildman–Crippen MR) is 248 cm³/mol. The normalized spacial score (nSPS) is 20.0. The number of allylic oxidation sites excluding steroid dienone is 2. The molecule has 62 heavy (non-hydrogen) atoms. The number of carbonyl (C=O) groups is 1. The number of unbranched alkanes of at least 4 members (excludes halogenated alkanes) is 30. The summed E-state index contributed by atoms with van der Waals surface area (Å²) >= 11 is 0. The summed E-state index contributed by atoms with van der Waals surface area (Å²) in [5, 5.41) is 30.7. The first-order valence-corrected chi connectivity index (χ1v) is 26.8. The van der Waals surface area contributed by atoms with Gasteiger partial charge in [-0.15, -0.1) is 0 Å². The molecular weight excluding hydrogens is 813 g/mol. The third-order valence-corrected chi connectivity index (χ3v) is 12.4. The Morgan fingerprint density at radius 2 is 1.02 bits per heavy atom. The average molecular weight is 907 g/mol. The summed E-state index contributed by atoms with van der Waals surface area (Å²) in [5.74, 6) is -0.396. The molecule has 0 aliphatic carbocycles. The quantitative estimate of drug-likeness (QED) is 0.0197. The first-order valence-electron chi connectivity index (χ1n) is 25.4. The monoisotopic (exact) mass is 907 g/mol. The van der Waals surface area contributed by atoms with E-state index in [0.717, 1.165) is 44.9 Å². The molecular formula is C49H94O12S. The second-order valence-corrected chi connectivity index (χ2v) is 18.8. The second-order valence-electron chi connectivity index (χ2n) is 17.8. The molecule has 1 saturated heterocycles. The lowest BCUT2D eigenvalue weighted by Gasteiger charge is -2.41. The maximum Gasteiger partial charge on any atom is 0.397 e. The number of carbonyl (C=O) groups excluding carboxylic acids is 1. The highest BCUT2D eigenvalue weighted by Gasteiger charge is 2.48. The Balaban J connectivity index is 2.36. The van der Waals surface area contributed by atoms with E-state index >= 15 is 0 Å². The Hall–Kier alpha value is -1.16. The molecule has 0 aromatic heterocycles. The van der Waals surface area contributed by atoms with Crippen molar-refractivity contribution >= 4 is 16.4 Å². The molecule has 6 unspecified atom stereocenters. The van der Waals surface area contributed by atoms with Gasteiger partial charge in [-0.2, -0.15) is 8.42 Å². The molecule has 0 amide bonds.